The summed E-state index contributed by atoms with van der Waals surface area (Å²) in [6.45, 7) is 6.68. The summed E-state index contributed by atoms with van der Waals surface area (Å²) in [6.07, 6.45) is 2.84. The first-order chi connectivity index (χ1) is 16.0. The summed E-state index contributed by atoms with van der Waals surface area (Å²) >= 11 is 2.38. The molecule has 3 heteroatoms. The predicted molar refractivity (Wildman–Crippen MR) is 144 cm³/mol. The average molecular weight is 548 g/mol. The molecule has 2 aliphatic rings. The molecule has 1 fully saturated rings. The van der Waals surface area contributed by atoms with Gasteiger partial charge in [-0.1, -0.05) is 73.5 Å². The number of benzene rings is 3. The van der Waals surface area contributed by atoms with Crippen LogP contribution < -0.4 is 0 Å². The van der Waals surface area contributed by atoms with Crippen LogP contribution in [0, 0.1) is 15.4 Å². The maximum Gasteiger partial charge on any atom is 0.140 e. The standard InChI is InChI=1S/C30H31INO/c1-2-19-32(21-17-24(22-32)23-13-15-25(31)16-14-23)20-8-7-18-30(33)28-11-5-3-9-26(28)27-10-4-6-12-29(27)30/h3-6,9-16,24,33H,2,17-22H2,1H3/q+1. The Hall–Kier alpha value is -2.13. The molecule has 2 unspecified atom stereocenters. The third-order valence-electron chi connectivity index (χ3n) is 7.52. The van der Waals surface area contributed by atoms with E-state index in [9.17, 15) is 5.11 Å². The van der Waals surface area contributed by atoms with Gasteiger partial charge >= 0.3 is 0 Å². The van der Waals surface area contributed by atoms with Gasteiger partial charge in [-0.2, -0.15) is 0 Å². The van der Waals surface area contributed by atoms with E-state index in [0.717, 1.165) is 33.3 Å². The quantitative estimate of drug-likeness (QED) is 0.225. The zero-order chi connectivity index (χ0) is 22.9. The highest BCUT2D eigenvalue weighted by Crippen LogP contribution is 2.48. The van der Waals surface area contributed by atoms with Gasteiger partial charge in [-0.15, -0.1) is 0 Å². The lowest BCUT2D eigenvalue weighted by Gasteiger charge is -2.32. The highest BCUT2D eigenvalue weighted by molar-refractivity contribution is 14.1. The number of rotatable bonds is 5. The zero-order valence-electron chi connectivity index (χ0n) is 19.2. The molecule has 168 valence electrons. The lowest BCUT2D eigenvalue weighted by Crippen LogP contribution is -2.46. The van der Waals surface area contributed by atoms with Crippen molar-refractivity contribution in [3.05, 3.63) is 93.1 Å². The molecule has 1 heterocycles. The Bertz CT molecular complexity index is 1160. The van der Waals surface area contributed by atoms with Gasteiger partial charge in [0.2, 0.25) is 0 Å². The number of quaternary nitrogens is 1. The number of fused-ring (bicyclic) bond motifs is 3. The maximum absolute atomic E-state index is 11.8. The van der Waals surface area contributed by atoms with Crippen LogP contribution in [-0.2, 0) is 5.60 Å². The minimum Gasteiger partial charge on any atom is -0.379 e. The zero-order valence-corrected chi connectivity index (χ0v) is 21.4. The molecule has 3 aromatic rings. The normalized spacial score (nSPS) is 22.3. The van der Waals surface area contributed by atoms with Crippen LogP contribution in [0.4, 0.5) is 0 Å². The minimum absolute atomic E-state index is 0.438. The molecule has 2 nitrogen and oxygen atoms in total. The molecule has 1 N–H and O–H groups in total. The molecule has 5 rings (SSSR count). The summed E-state index contributed by atoms with van der Waals surface area (Å²) in [5.41, 5.74) is 4.67. The van der Waals surface area contributed by atoms with E-state index in [0.29, 0.717) is 12.3 Å². The third-order valence-corrected chi connectivity index (χ3v) is 8.24. The summed E-state index contributed by atoms with van der Waals surface area (Å²) in [4.78, 5) is 0. The van der Waals surface area contributed by atoms with Crippen molar-refractivity contribution in [3.63, 3.8) is 0 Å². The first-order valence-corrected chi connectivity index (χ1v) is 13.1. The molecular weight excluding hydrogens is 517 g/mol. The smallest absolute Gasteiger partial charge is 0.140 e. The van der Waals surface area contributed by atoms with Crippen molar-refractivity contribution >= 4 is 22.6 Å². The van der Waals surface area contributed by atoms with Crippen molar-refractivity contribution in [3.8, 4) is 23.0 Å². The topological polar surface area (TPSA) is 20.2 Å². The first-order valence-electron chi connectivity index (χ1n) is 12.0. The number of aliphatic hydroxyl groups is 1. The highest BCUT2D eigenvalue weighted by atomic mass is 127. The van der Waals surface area contributed by atoms with Crippen molar-refractivity contribution < 1.29 is 9.59 Å². The molecule has 0 saturated carbocycles. The van der Waals surface area contributed by atoms with Crippen molar-refractivity contribution in [2.24, 2.45) is 0 Å². The Kier molecular flexibility index (Phi) is 6.35. The summed E-state index contributed by atoms with van der Waals surface area (Å²) in [6, 6.07) is 25.5. The number of nitrogens with zero attached hydrogens (tertiary/aromatic N) is 1. The van der Waals surface area contributed by atoms with E-state index in [4.69, 9.17) is 0 Å². The van der Waals surface area contributed by atoms with Crippen LogP contribution in [0.2, 0.25) is 0 Å². The SMILES string of the molecule is CCC[N+]1(CC#CCC2(O)c3ccccc3-c3ccccc32)CCC(c2ccc(I)cc2)C1. The molecule has 0 amide bonds. The molecule has 0 radical (unpaired) electrons. The van der Waals surface area contributed by atoms with Gasteiger partial charge in [-0.05, 0) is 74.9 Å². The fourth-order valence-electron chi connectivity index (χ4n) is 5.89. The van der Waals surface area contributed by atoms with Crippen LogP contribution in [0.5, 0.6) is 0 Å². The van der Waals surface area contributed by atoms with Crippen molar-refractivity contribution in [2.75, 3.05) is 26.2 Å². The lowest BCUT2D eigenvalue weighted by atomic mass is 9.88. The van der Waals surface area contributed by atoms with Gasteiger partial charge in [0.05, 0.1) is 19.6 Å². The summed E-state index contributed by atoms with van der Waals surface area (Å²) in [5.74, 6) is 7.53. The first kappa shape index (κ1) is 22.7. The van der Waals surface area contributed by atoms with Gasteiger partial charge in [0.1, 0.15) is 12.1 Å². The van der Waals surface area contributed by atoms with Crippen LogP contribution in [0.15, 0.2) is 72.8 Å². The van der Waals surface area contributed by atoms with E-state index < -0.39 is 5.60 Å². The molecule has 0 aromatic heterocycles. The summed E-state index contributed by atoms with van der Waals surface area (Å²) in [5, 5.41) is 11.8. The average Bonchev–Trinajstić information content (AvgIpc) is 3.37. The maximum atomic E-state index is 11.8. The van der Waals surface area contributed by atoms with Crippen molar-refractivity contribution in [1.29, 1.82) is 0 Å². The van der Waals surface area contributed by atoms with Crippen molar-refractivity contribution in [2.45, 2.75) is 37.7 Å². The van der Waals surface area contributed by atoms with Gasteiger partial charge in [0.25, 0.3) is 0 Å². The van der Waals surface area contributed by atoms with Crippen LogP contribution in [-0.4, -0.2) is 35.8 Å². The number of likely N-dealkylation sites (tertiary alicyclic amines) is 1. The number of hydrogen-bond acceptors (Lipinski definition) is 1. The van der Waals surface area contributed by atoms with Gasteiger partial charge < -0.3 is 9.59 Å². The van der Waals surface area contributed by atoms with Crippen LogP contribution in [0.1, 0.15) is 48.8 Å². The van der Waals surface area contributed by atoms with Crippen LogP contribution >= 0.6 is 22.6 Å². The fourth-order valence-corrected chi connectivity index (χ4v) is 6.25. The predicted octanol–water partition coefficient (Wildman–Crippen LogP) is 6.32. The Morgan fingerprint density at radius 1 is 0.939 bits per heavy atom. The van der Waals surface area contributed by atoms with E-state index >= 15 is 0 Å². The Balaban J connectivity index is 1.34. The Labute approximate surface area is 211 Å². The van der Waals surface area contributed by atoms with E-state index in [1.54, 1.807) is 0 Å². The van der Waals surface area contributed by atoms with E-state index in [-0.39, 0.29) is 0 Å². The molecular formula is C30H31INO+. The molecule has 3 aromatic carbocycles. The summed E-state index contributed by atoms with van der Waals surface area (Å²) in [7, 11) is 0. The molecule has 0 spiro atoms. The van der Waals surface area contributed by atoms with E-state index in [1.165, 1.54) is 41.6 Å². The largest absolute Gasteiger partial charge is 0.379 e. The Morgan fingerprint density at radius 3 is 2.21 bits per heavy atom. The third kappa shape index (κ3) is 4.25. The second-order valence-electron chi connectivity index (χ2n) is 9.65. The fraction of sp³-hybridized carbons (Fsp3) is 0.333. The van der Waals surface area contributed by atoms with Crippen molar-refractivity contribution in [1.82, 2.24) is 0 Å². The highest BCUT2D eigenvalue weighted by Gasteiger charge is 2.41. The van der Waals surface area contributed by atoms with Gasteiger partial charge in [-0.25, -0.2) is 0 Å². The van der Waals surface area contributed by atoms with Gasteiger partial charge in [0.15, 0.2) is 0 Å². The molecule has 1 aliphatic carbocycles. The van der Waals surface area contributed by atoms with Crippen LogP contribution in [0.25, 0.3) is 11.1 Å². The van der Waals surface area contributed by atoms with E-state index in [2.05, 4.69) is 77.8 Å². The van der Waals surface area contributed by atoms with E-state index in [1.807, 2.05) is 36.4 Å². The monoisotopic (exact) mass is 548 g/mol. The molecule has 2 atom stereocenters. The van der Waals surface area contributed by atoms with Gasteiger partial charge in [-0.3, -0.25) is 0 Å². The van der Waals surface area contributed by atoms with Crippen LogP contribution in [0.3, 0.4) is 0 Å². The van der Waals surface area contributed by atoms with Gasteiger partial charge in [0, 0.05) is 22.3 Å². The lowest BCUT2D eigenvalue weighted by molar-refractivity contribution is -0.910. The molecule has 0 bridgehead atoms. The Morgan fingerprint density at radius 2 is 1.58 bits per heavy atom. The molecule has 1 aliphatic heterocycles. The minimum atomic E-state index is -1.02. The second kappa shape index (κ2) is 9.25. The molecule has 1 saturated heterocycles. The summed E-state index contributed by atoms with van der Waals surface area (Å²) < 4.78 is 2.37. The molecule has 33 heavy (non-hydrogen) atoms. The number of halogens is 1. The second-order valence-corrected chi connectivity index (χ2v) is 10.9. The number of hydrogen-bond donors (Lipinski definition) is 1.